The zero-order chi connectivity index (χ0) is 14.8. The Morgan fingerprint density at radius 1 is 1.42 bits per heavy atom. The number of imide groups is 1. The van der Waals surface area contributed by atoms with Gasteiger partial charge < -0.3 is 9.47 Å². The third kappa shape index (κ3) is 3.56. The highest BCUT2D eigenvalue weighted by atomic mass is 16.6. The zero-order valence-electron chi connectivity index (χ0n) is 11.7. The molecule has 106 valence electrons. The number of hydrogen-bond donors (Lipinski definition) is 0. The molecule has 1 heterocycles. The summed E-state index contributed by atoms with van der Waals surface area (Å²) >= 11 is 0. The fourth-order valence-corrected chi connectivity index (χ4v) is 1.67. The molecular formula is C13H19NO5. The van der Waals surface area contributed by atoms with Crippen LogP contribution in [-0.4, -0.2) is 41.1 Å². The Labute approximate surface area is 112 Å². The number of rotatable bonds is 2. The quantitative estimate of drug-likeness (QED) is 0.563. The average Bonchev–Trinajstić information content (AvgIpc) is 2.53. The largest absolute Gasteiger partial charge is 0.464 e. The molecule has 0 N–H and O–H groups in total. The first kappa shape index (κ1) is 15.2. The van der Waals surface area contributed by atoms with E-state index in [1.807, 2.05) is 0 Å². The van der Waals surface area contributed by atoms with Gasteiger partial charge in [0.1, 0.15) is 11.6 Å². The van der Waals surface area contributed by atoms with E-state index in [0.29, 0.717) is 0 Å². The van der Waals surface area contributed by atoms with Gasteiger partial charge >= 0.3 is 12.1 Å². The number of carbonyl (C=O) groups excluding carboxylic acids is 3. The van der Waals surface area contributed by atoms with Crippen LogP contribution >= 0.6 is 0 Å². The number of esters is 1. The van der Waals surface area contributed by atoms with Gasteiger partial charge in [-0.3, -0.25) is 4.79 Å². The standard InChI is InChI=1S/C13H19NO5/c1-6-18-11(16)9-7-8(2)10(15)14(9)12(17)19-13(3,4)5/h9H,2,6-7H2,1,3-5H3/t9-/m1/s1. The minimum atomic E-state index is -0.977. The summed E-state index contributed by atoms with van der Waals surface area (Å²) in [6, 6.07) is -0.977. The Kier molecular flexibility index (Phi) is 4.34. The van der Waals surface area contributed by atoms with Crippen molar-refractivity contribution in [1.82, 2.24) is 4.90 Å². The van der Waals surface area contributed by atoms with Crippen molar-refractivity contribution in [3.63, 3.8) is 0 Å². The van der Waals surface area contributed by atoms with Crippen molar-refractivity contribution in [3.05, 3.63) is 12.2 Å². The molecule has 2 amide bonds. The molecule has 0 saturated carbocycles. The van der Waals surface area contributed by atoms with Crippen LogP contribution < -0.4 is 0 Å². The molecule has 0 radical (unpaired) electrons. The van der Waals surface area contributed by atoms with E-state index in [1.54, 1.807) is 27.7 Å². The van der Waals surface area contributed by atoms with Crippen molar-refractivity contribution >= 4 is 18.0 Å². The van der Waals surface area contributed by atoms with Crippen molar-refractivity contribution in [1.29, 1.82) is 0 Å². The van der Waals surface area contributed by atoms with Crippen LogP contribution in [0.4, 0.5) is 4.79 Å². The molecule has 1 aliphatic rings. The Morgan fingerprint density at radius 2 is 2.00 bits per heavy atom. The van der Waals surface area contributed by atoms with Gasteiger partial charge in [-0.25, -0.2) is 14.5 Å². The Hall–Kier alpha value is -1.85. The lowest BCUT2D eigenvalue weighted by atomic mass is 10.2. The van der Waals surface area contributed by atoms with E-state index in [2.05, 4.69) is 6.58 Å². The highest BCUT2D eigenvalue weighted by Crippen LogP contribution is 2.26. The van der Waals surface area contributed by atoms with Crippen LogP contribution in [0.3, 0.4) is 0 Å². The fraction of sp³-hybridized carbons (Fsp3) is 0.615. The van der Waals surface area contributed by atoms with Gasteiger partial charge in [0, 0.05) is 12.0 Å². The molecule has 6 nitrogen and oxygen atoms in total. The molecule has 0 aromatic carbocycles. The van der Waals surface area contributed by atoms with Gasteiger partial charge in [-0.05, 0) is 27.7 Å². The second kappa shape index (κ2) is 5.42. The average molecular weight is 269 g/mol. The number of likely N-dealkylation sites (tertiary alicyclic amines) is 1. The lowest BCUT2D eigenvalue weighted by Gasteiger charge is -2.26. The summed E-state index contributed by atoms with van der Waals surface area (Å²) in [4.78, 5) is 36.4. The van der Waals surface area contributed by atoms with E-state index in [1.165, 1.54) is 0 Å². The third-order valence-electron chi connectivity index (χ3n) is 2.42. The first-order valence-electron chi connectivity index (χ1n) is 6.08. The molecule has 19 heavy (non-hydrogen) atoms. The summed E-state index contributed by atoms with van der Waals surface area (Å²) in [5, 5.41) is 0. The maximum Gasteiger partial charge on any atom is 0.418 e. The molecule has 0 bridgehead atoms. The molecule has 1 aliphatic heterocycles. The van der Waals surface area contributed by atoms with E-state index < -0.39 is 29.6 Å². The predicted octanol–water partition coefficient (Wildman–Crippen LogP) is 1.64. The summed E-state index contributed by atoms with van der Waals surface area (Å²) in [6.07, 6.45) is -0.772. The number of hydrogen-bond acceptors (Lipinski definition) is 5. The smallest absolute Gasteiger partial charge is 0.418 e. The van der Waals surface area contributed by atoms with Crippen molar-refractivity contribution < 1.29 is 23.9 Å². The van der Waals surface area contributed by atoms with E-state index in [4.69, 9.17) is 9.47 Å². The topological polar surface area (TPSA) is 72.9 Å². The molecular weight excluding hydrogens is 250 g/mol. The SMILES string of the molecule is C=C1C[C@H](C(=O)OCC)N(C(=O)OC(C)(C)C)C1=O. The lowest BCUT2D eigenvalue weighted by molar-refractivity contribution is -0.150. The Morgan fingerprint density at radius 3 is 2.47 bits per heavy atom. The van der Waals surface area contributed by atoms with Gasteiger partial charge in [0.05, 0.1) is 6.61 Å². The fourth-order valence-electron chi connectivity index (χ4n) is 1.67. The number of ether oxygens (including phenoxy) is 2. The van der Waals surface area contributed by atoms with Crippen LogP contribution in [-0.2, 0) is 19.1 Å². The zero-order valence-corrected chi connectivity index (χ0v) is 11.7. The molecule has 1 fully saturated rings. The molecule has 0 aliphatic carbocycles. The van der Waals surface area contributed by atoms with Crippen LogP contribution in [0.15, 0.2) is 12.2 Å². The van der Waals surface area contributed by atoms with Crippen LogP contribution in [0.1, 0.15) is 34.1 Å². The molecule has 0 aromatic heterocycles. The maximum absolute atomic E-state index is 12.0. The number of carbonyl (C=O) groups is 3. The molecule has 0 unspecified atom stereocenters. The molecule has 0 aromatic rings. The lowest BCUT2D eigenvalue weighted by Crippen LogP contribution is -2.46. The van der Waals surface area contributed by atoms with Crippen molar-refractivity contribution in [2.75, 3.05) is 6.61 Å². The van der Waals surface area contributed by atoms with Gasteiger partial charge in [0.2, 0.25) is 0 Å². The van der Waals surface area contributed by atoms with E-state index >= 15 is 0 Å². The van der Waals surface area contributed by atoms with Gasteiger partial charge in [-0.15, -0.1) is 0 Å². The number of nitrogens with zero attached hydrogens (tertiary/aromatic N) is 1. The highest BCUT2D eigenvalue weighted by Gasteiger charge is 2.45. The second-order valence-electron chi connectivity index (χ2n) is 5.23. The van der Waals surface area contributed by atoms with Gasteiger partial charge in [0.15, 0.2) is 0 Å². The third-order valence-corrected chi connectivity index (χ3v) is 2.42. The minimum Gasteiger partial charge on any atom is -0.464 e. The van der Waals surface area contributed by atoms with E-state index in [-0.39, 0.29) is 18.6 Å². The van der Waals surface area contributed by atoms with Gasteiger partial charge in [-0.2, -0.15) is 0 Å². The van der Waals surface area contributed by atoms with E-state index in [9.17, 15) is 14.4 Å². The summed E-state index contributed by atoms with van der Waals surface area (Å²) < 4.78 is 9.97. The summed E-state index contributed by atoms with van der Waals surface area (Å²) in [5.74, 6) is -1.22. The van der Waals surface area contributed by atoms with Crippen molar-refractivity contribution in [2.24, 2.45) is 0 Å². The minimum absolute atomic E-state index is 0.0803. The first-order valence-corrected chi connectivity index (χ1v) is 6.08. The van der Waals surface area contributed by atoms with Crippen LogP contribution in [0.5, 0.6) is 0 Å². The number of amides is 2. The molecule has 6 heteroatoms. The predicted molar refractivity (Wildman–Crippen MR) is 67.3 cm³/mol. The Balaban J connectivity index is 2.92. The molecule has 1 saturated heterocycles. The van der Waals surface area contributed by atoms with Crippen LogP contribution in [0.25, 0.3) is 0 Å². The highest BCUT2D eigenvalue weighted by molar-refractivity contribution is 6.08. The van der Waals surface area contributed by atoms with Crippen molar-refractivity contribution in [3.8, 4) is 0 Å². The van der Waals surface area contributed by atoms with Gasteiger partial charge in [-0.1, -0.05) is 6.58 Å². The van der Waals surface area contributed by atoms with Crippen LogP contribution in [0, 0.1) is 0 Å². The molecule has 1 atom stereocenters. The second-order valence-corrected chi connectivity index (χ2v) is 5.23. The summed E-state index contributed by atoms with van der Waals surface area (Å²) in [6.45, 7) is 10.4. The molecule has 1 rings (SSSR count). The van der Waals surface area contributed by atoms with E-state index in [0.717, 1.165) is 4.90 Å². The van der Waals surface area contributed by atoms with Crippen LogP contribution in [0.2, 0.25) is 0 Å². The Bertz CT molecular complexity index is 421. The monoisotopic (exact) mass is 269 g/mol. The summed E-state index contributed by atoms with van der Waals surface area (Å²) in [5.41, 5.74) is -0.551. The normalized spacial score (nSPS) is 19.6. The van der Waals surface area contributed by atoms with Gasteiger partial charge in [0.25, 0.3) is 5.91 Å². The first-order chi connectivity index (χ1) is 8.67. The molecule has 0 spiro atoms. The maximum atomic E-state index is 12.0. The van der Waals surface area contributed by atoms with Crippen molar-refractivity contribution in [2.45, 2.75) is 45.8 Å². The summed E-state index contributed by atoms with van der Waals surface area (Å²) in [7, 11) is 0.